The zero-order valence-electron chi connectivity index (χ0n) is 16.1. The first-order valence-electron chi connectivity index (χ1n) is 8.48. The highest BCUT2D eigenvalue weighted by Gasteiger charge is 2.15. The molecule has 0 fully saturated rings. The summed E-state index contributed by atoms with van der Waals surface area (Å²) in [5.41, 5.74) is 0.302. The van der Waals surface area contributed by atoms with Gasteiger partial charge >= 0.3 is 5.97 Å². The molecule has 2 rings (SSSR count). The summed E-state index contributed by atoms with van der Waals surface area (Å²) >= 11 is 5.95. The van der Waals surface area contributed by atoms with Gasteiger partial charge in [0.15, 0.2) is 16.4 Å². The van der Waals surface area contributed by atoms with Crippen LogP contribution in [0.3, 0.4) is 0 Å². The second-order valence-electron chi connectivity index (χ2n) is 6.01. The Hall–Kier alpha value is -3.11. The van der Waals surface area contributed by atoms with Crippen LogP contribution < -0.4 is 15.4 Å². The number of methoxy groups -OCH3 is 1. The molecule has 0 atom stereocenters. The van der Waals surface area contributed by atoms with Gasteiger partial charge in [0, 0.05) is 6.26 Å². The van der Waals surface area contributed by atoms with Gasteiger partial charge in [0.1, 0.15) is 12.3 Å². The summed E-state index contributed by atoms with van der Waals surface area (Å²) in [6.45, 7) is -1.11. The van der Waals surface area contributed by atoms with Gasteiger partial charge in [-0.1, -0.05) is 23.7 Å². The number of sulfone groups is 1. The molecule has 0 saturated heterocycles. The first-order valence-corrected chi connectivity index (χ1v) is 10.7. The molecule has 0 spiro atoms. The first kappa shape index (κ1) is 23.2. The van der Waals surface area contributed by atoms with Crippen molar-refractivity contribution in [3.63, 3.8) is 0 Å². The minimum atomic E-state index is -3.49. The summed E-state index contributed by atoms with van der Waals surface area (Å²) in [5.74, 6) is -1.77. The molecular formula is C19H19ClN2O7S. The van der Waals surface area contributed by atoms with Gasteiger partial charge in [-0.25, -0.2) is 8.42 Å². The maximum Gasteiger partial charge on any atom is 0.325 e. The summed E-state index contributed by atoms with van der Waals surface area (Å²) < 4.78 is 33.1. The molecule has 0 radical (unpaired) electrons. The Morgan fingerprint density at radius 3 is 2.47 bits per heavy atom. The highest BCUT2D eigenvalue weighted by molar-refractivity contribution is 7.90. The van der Waals surface area contributed by atoms with E-state index in [1.807, 2.05) is 0 Å². The summed E-state index contributed by atoms with van der Waals surface area (Å²) in [5, 5.41) is 4.85. The summed E-state index contributed by atoms with van der Waals surface area (Å²) in [4.78, 5) is 35.8. The van der Waals surface area contributed by atoms with Gasteiger partial charge in [-0.3, -0.25) is 14.4 Å². The third kappa shape index (κ3) is 6.46. The molecule has 2 aromatic carbocycles. The van der Waals surface area contributed by atoms with E-state index in [2.05, 4.69) is 10.6 Å². The van der Waals surface area contributed by atoms with Crippen LogP contribution in [0.5, 0.6) is 5.75 Å². The number of carbonyl (C=O) groups excluding carboxylic acids is 3. The van der Waals surface area contributed by atoms with Crippen LogP contribution in [0.15, 0.2) is 47.4 Å². The second kappa shape index (κ2) is 10.1. The highest BCUT2D eigenvalue weighted by Crippen LogP contribution is 2.25. The molecule has 2 amide bonds. The number of carbonyl (C=O) groups is 3. The fourth-order valence-electron chi connectivity index (χ4n) is 2.29. The minimum Gasteiger partial charge on any atom is -0.496 e. The summed E-state index contributed by atoms with van der Waals surface area (Å²) in [7, 11) is -2.08. The Kier molecular flexibility index (Phi) is 7.79. The zero-order valence-corrected chi connectivity index (χ0v) is 17.7. The lowest BCUT2D eigenvalue weighted by molar-refractivity contribution is -0.146. The predicted molar refractivity (Wildman–Crippen MR) is 109 cm³/mol. The molecule has 11 heteroatoms. The van der Waals surface area contributed by atoms with Gasteiger partial charge in [-0.15, -0.1) is 0 Å². The molecule has 9 nitrogen and oxygen atoms in total. The summed E-state index contributed by atoms with van der Waals surface area (Å²) in [6.07, 6.45) is 1.02. The van der Waals surface area contributed by atoms with Crippen LogP contribution in [0.2, 0.25) is 5.02 Å². The van der Waals surface area contributed by atoms with Crippen LogP contribution in [0, 0.1) is 0 Å². The van der Waals surface area contributed by atoms with Crippen molar-refractivity contribution in [2.24, 2.45) is 0 Å². The van der Waals surface area contributed by atoms with Crippen molar-refractivity contribution in [2.45, 2.75) is 4.90 Å². The minimum absolute atomic E-state index is 0.0294. The van der Waals surface area contributed by atoms with Crippen molar-refractivity contribution in [3.8, 4) is 5.75 Å². The third-order valence-corrected chi connectivity index (χ3v) is 5.19. The zero-order chi connectivity index (χ0) is 22.3. The van der Waals surface area contributed by atoms with E-state index in [0.717, 1.165) is 6.26 Å². The van der Waals surface area contributed by atoms with E-state index in [-0.39, 0.29) is 21.2 Å². The largest absolute Gasteiger partial charge is 0.496 e. The van der Waals surface area contributed by atoms with Crippen LogP contribution in [0.25, 0.3) is 0 Å². The number of para-hydroxylation sites is 1. The van der Waals surface area contributed by atoms with Crippen molar-refractivity contribution in [2.75, 3.05) is 31.8 Å². The quantitative estimate of drug-likeness (QED) is 0.580. The van der Waals surface area contributed by atoms with Crippen LogP contribution in [-0.2, 0) is 24.2 Å². The molecule has 30 heavy (non-hydrogen) atoms. The number of esters is 1. The maximum atomic E-state index is 12.1. The van der Waals surface area contributed by atoms with Crippen molar-refractivity contribution in [1.82, 2.24) is 5.32 Å². The van der Waals surface area contributed by atoms with Crippen LogP contribution in [0.4, 0.5) is 5.69 Å². The Bertz CT molecular complexity index is 1070. The van der Waals surface area contributed by atoms with Crippen LogP contribution in [-0.4, -0.2) is 52.7 Å². The molecule has 0 aliphatic carbocycles. The van der Waals surface area contributed by atoms with E-state index in [4.69, 9.17) is 21.1 Å². The van der Waals surface area contributed by atoms with Crippen LogP contribution in [0.1, 0.15) is 10.4 Å². The number of benzene rings is 2. The number of hydrogen-bond acceptors (Lipinski definition) is 7. The van der Waals surface area contributed by atoms with Crippen molar-refractivity contribution in [1.29, 1.82) is 0 Å². The van der Waals surface area contributed by atoms with Crippen molar-refractivity contribution >= 4 is 44.9 Å². The fraction of sp³-hybridized carbons (Fsp3) is 0.211. The molecule has 0 unspecified atom stereocenters. The normalized spacial score (nSPS) is 10.8. The van der Waals surface area contributed by atoms with E-state index in [0.29, 0.717) is 5.75 Å². The standard InChI is InChI=1S/C19H19ClN2O7S/c1-28-16-6-4-3-5-13(16)19(25)21-10-18(24)29-11-17(23)22-15-9-12(30(2,26)27)7-8-14(15)20/h3-9H,10-11H2,1-2H3,(H,21,25)(H,22,23). The van der Waals surface area contributed by atoms with Gasteiger partial charge in [0.05, 0.1) is 28.3 Å². The lowest BCUT2D eigenvalue weighted by Gasteiger charge is -2.10. The van der Waals surface area contributed by atoms with Crippen LogP contribution >= 0.6 is 11.6 Å². The Morgan fingerprint density at radius 1 is 1.10 bits per heavy atom. The number of ether oxygens (including phenoxy) is 2. The van der Waals surface area contributed by atoms with E-state index in [1.165, 1.54) is 31.4 Å². The number of halogens is 1. The molecule has 0 bridgehead atoms. The monoisotopic (exact) mass is 454 g/mol. The molecule has 160 valence electrons. The lowest BCUT2D eigenvalue weighted by Crippen LogP contribution is -2.32. The van der Waals surface area contributed by atoms with E-state index in [9.17, 15) is 22.8 Å². The average molecular weight is 455 g/mol. The molecule has 0 aromatic heterocycles. The van der Waals surface area contributed by atoms with Gasteiger partial charge in [0.2, 0.25) is 0 Å². The van der Waals surface area contributed by atoms with E-state index in [1.54, 1.807) is 18.2 Å². The average Bonchev–Trinajstić information content (AvgIpc) is 2.71. The molecule has 0 heterocycles. The van der Waals surface area contributed by atoms with Crippen molar-refractivity contribution < 1.29 is 32.3 Å². The van der Waals surface area contributed by atoms with E-state index < -0.39 is 40.8 Å². The SMILES string of the molecule is COc1ccccc1C(=O)NCC(=O)OCC(=O)Nc1cc(S(C)(=O)=O)ccc1Cl. The molecule has 2 aromatic rings. The van der Waals surface area contributed by atoms with Crippen molar-refractivity contribution in [3.05, 3.63) is 53.1 Å². The lowest BCUT2D eigenvalue weighted by atomic mass is 10.2. The number of hydrogen-bond donors (Lipinski definition) is 2. The Morgan fingerprint density at radius 2 is 1.80 bits per heavy atom. The molecular weight excluding hydrogens is 436 g/mol. The molecule has 0 aliphatic rings. The molecule has 0 aliphatic heterocycles. The van der Waals surface area contributed by atoms with Gasteiger partial charge in [0.25, 0.3) is 11.8 Å². The molecule has 2 N–H and O–H groups in total. The van der Waals surface area contributed by atoms with Gasteiger partial charge < -0.3 is 20.1 Å². The Balaban J connectivity index is 1.86. The summed E-state index contributed by atoms with van der Waals surface area (Å²) in [6, 6.07) is 10.3. The first-order chi connectivity index (χ1) is 14.1. The highest BCUT2D eigenvalue weighted by atomic mass is 35.5. The maximum absolute atomic E-state index is 12.1. The smallest absolute Gasteiger partial charge is 0.325 e. The number of anilines is 1. The van der Waals surface area contributed by atoms with Gasteiger partial charge in [-0.2, -0.15) is 0 Å². The van der Waals surface area contributed by atoms with E-state index >= 15 is 0 Å². The Labute approximate surface area is 178 Å². The number of amides is 2. The van der Waals surface area contributed by atoms with Gasteiger partial charge in [-0.05, 0) is 30.3 Å². The predicted octanol–water partition coefficient (Wildman–Crippen LogP) is 1.66. The third-order valence-electron chi connectivity index (χ3n) is 3.75. The second-order valence-corrected chi connectivity index (χ2v) is 8.43. The number of rotatable bonds is 8. The number of nitrogens with one attached hydrogen (secondary N) is 2. The topological polar surface area (TPSA) is 128 Å². The fourth-order valence-corrected chi connectivity index (χ4v) is 3.11. The molecule has 0 saturated carbocycles.